The van der Waals surface area contributed by atoms with Crippen LogP contribution in [-0.4, -0.2) is 27.6 Å². The van der Waals surface area contributed by atoms with Gasteiger partial charge in [-0.3, -0.25) is 9.20 Å². The Hall–Kier alpha value is -3.12. The monoisotopic (exact) mass is 378 g/mol. The number of aryl methyl sites for hydroxylation is 1. The fourth-order valence-electron chi connectivity index (χ4n) is 3.13. The Morgan fingerprint density at radius 3 is 2.41 bits per heavy atom. The van der Waals surface area contributed by atoms with E-state index in [2.05, 4.69) is 24.3 Å². The maximum Gasteiger partial charge on any atom is 0.309 e. The molecule has 0 unspecified atom stereocenters. The lowest BCUT2D eigenvalue weighted by Crippen LogP contribution is -2.05. The molecule has 27 heavy (non-hydrogen) atoms. The summed E-state index contributed by atoms with van der Waals surface area (Å²) in [5.41, 5.74) is 5.42. The van der Waals surface area contributed by atoms with Crippen molar-refractivity contribution in [1.82, 2.24) is 9.38 Å². The van der Waals surface area contributed by atoms with Crippen LogP contribution in [0.15, 0.2) is 53.9 Å². The largest absolute Gasteiger partial charge is 0.497 e. The van der Waals surface area contributed by atoms with E-state index in [-0.39, 0.29) is 6.42 Å². The van der Waals surface area contributed by atoms with Crippen LogP contribution in [0.2, 0.25) is 0 Å². The van der Waals surface area contributed by atoms with Crippen molar-refractivity contribution in [3.63, 3.8) is 0 Å². The van der Waals surface area contributed by atoms with Crippen LogP contribution in [-0.2, 0) is 11.2 Å². The second kappa shape index (κ2) is 6.89. The first-order chi connectivity index (χ1) is 13.1. The Balaban J connectivity index is 1.91. The summed E-state index contributed by atoms with van der Waals surface area (Å²) < 4.78 is 7.17. The first kappa shape index (κ1) is 17.3. The lowest BCUT2D eigenvalue weighted by molar-refractivity contribution is -0.136. The third-order valence-corrected chi connectivity index (χ3v) is 5.31. The number of hydrogen-bond donors (Lipinski definition) is 1. The van der Waals surface area contributed by atoms with Crippen LogP contribution in [0.1, 0.15) is 11.3 Å². The average Bonchev–Trinajstić information content (AvgIpc) is 3.23. The van der Waals surface area contributed by atoms with Crippen molar-refractivity contribution in [2.45, 2.75) is 13.3 Å². The summed E-state index contributed by atoms with van der Waals surface area (Å²) in [6.07, 6.45) is -0.0991. The number of carboxylic acids is 1. The molecule has 0 fully saturated rings. The summed E-state index contributed by atoms with van der Waals surface area (Å²) in [5.74, 6) is -0.132. The first-order valence-corrected chi connectivity index (χ1v) is 9.37. The highest BCUT2D eigenvalue weighted by Gasteiger charge is 2.20. The van der Waals surface area contributed by atoms with Crippen molar-refractivity contribution in [1.29, 1.82) is 0 Å². The van der Waals surface area contributed by atoms with Crippen molar-refractivity contribution >= 4 is 22.3 Å². The number of rotatable bonds is 5. The van der Waals surface area contributed by atoms with Crippen LogP contribution in [0.4, 0.5) is 0 Å². The van der Waals surface area contributed by atoms with Crippen LogP contribution in [0.5, 0.6) is 5.75 Å². The molecule has 0 aliphatic heterocycles. The first-order valence-electron chi connectivity index (χ1n) is 8.49. The molecule has 1 N–H and O–H groups in total. The third kappa shape index (κ3) is 3.19. The van der Waals surface area contributed by atoms with E-state index in [1.165, 1.54) is 16.9 Å². The molecule has 0 aliphatic carbocycles. The highest BCUT2D eigenvalue weighted by Crippen LogP contribution is 2.34. The summed E-state index contributed by atoms with van der Waals surface area (Å²) in [7, 11) is 1.62. The van der Waals surface area contributed by atoms with Gasteiger partial charge in [0.15, 0.2) is 4.96 Å². The van der Waals surface area contributed by atoms with E-state index in [4.69, 9.17) is 9.72 Å². The minimum absolute atomic E-state index is 0.0991. The van der Waals surface area contributed by atoms with Crippen LogP contribution in [0.3, 0.4) is 0 Å². The number of fused-ring (bicyclic) bond motifs is 1. The summed E-state index contributed by atoms with van der Waals surface area (Å²) in [5, 5.41) is 11.5. The number of methoxy groups -OCH3 is 1. The average molecular weight is 378 g/mol. The molecule has 2 heterocycles. The quantitative estimate of drug-likeness (QED) is 0.548. The Bertz CT molecular complexity index is 1110. The van der Waals surface area contributed by atoms with Crippen molar-refractivity contribution in [2.24, 2.45) is 0 Å². The number of ether oxygens (including phenoxy) is 1. The van der Waals surface area contributed by atoms with Crippen molar-refractivity contribution in [3.05, 3.63) is 65.2 Å². The topological polar surface area (TPSA) is 63.8 Å². The summed E-state index contributed by atoms with van der Waals surface area (Å²) in [6, 6.07) is 15.7. The smallest absolute Gasteiger partial charge is 0.309 e. The fraction of sp³-hybridized carbons (Fsp3) is 0.143. The van der Waals surface area contributed by atoms with Gasteiger partial charge in [0, 0.05) is 10.9 Å². The molecule has 0 atom stereocenters. The molecular weight excluding hydrogens is 360 g/mol. The molecule has 4 aromatic rings. The van der Waals surface area contributed by atoms with Crippen molar-refractivity contribution in [2.75, 3.05) is 7.11 Å². The Labute approximate surface area is 160 Å². The van der Waals surface area contributed by atoms with Gasteiger partial charge >= 0.3 is 5.97 Å². The van der Waals surface area contributed by atoms with E-state index in [1.807, 2.05) is 41.0 Å². The van der Waals surface area contributed by atoms with Gasteiger partial charge in [0.25, 0.3) is 0 Å². The van der Waals surface area contributed by atoms with Gasteiger partial charge in [-0.2, -0.15) is 0 Å². The maximum atomic E-state index is 11.6. The number of hydrogen-bond acceptors (Lipinski definition) is 4. The van der Waals surface area contributed by atoms with Crippen molar-refractivity contribution in [3.8, 4) is 28.3 Å². The number of imidazole rings is 1. The SMILES string of the molecule is COc1ccc(-c2nc3scc(-c4ccc(C)cc4)n3c2CC(=O)O)cc1. The maximum absolute atomic E-state index is 11.6. The van der Waals surface area contributed by atoms with E-state index < -0.39 is 5.97 Å². The Morgan fingerprint density at radius 2 is 1.78 bits per heavy atom. The molecule has 0 bridgehead atoms. The molecule has 2 aromatic carbocycles. The molecule has 0 aliphatic rings. The summed E-state index contributed by atoms with van der Waals surface area (Å²) in [6.45, 7) is 2.04. The summed E-state index contributed by atoms with van der Waals surface area (Å²) in [4.78, 5) is 17.1. The minimum atomic E-state index is -0.882. The molecule has 0 saturated heterocycles. The molecule has 6 heteroatoms. The lowest BCUT2D eigenvalue weighted by atomic mass is 10.1. The number of benzene rings is 2. The van der Waals surface area contributed by atoms with Gasteiger partial charge in [-0.15, -0.1) is 11.3 Å². The number of thiazole rings is 1. The molecule has 4 rings (SSSR count). The van der Waals surface area contributed by atoms with Gasteiger partial charge in [-0.1, -0.05) is 29.8 Å². The van der Waals surface area contributed by atoms with E-state index in [0.29, 0.717) is 11.4 Å². The van der Waals surface area contributed by atoms with Crippen LogP contribution in [0.25, 0.3) is 27.5 Å². The van der Waals surface area contributed by atoms with Gasteiger partial charge in [0.2, 0.25) is 0 Å². The van der Waals surface area contributed by atoms with E-state index >= 15 is 0 Å². The molecule has 0 spiro atoms. The molecular formula is C21H18N2O3S. The number of aromatic nitrogens is 2. The van der Waals surface area contributed by atoms with Gasteiger partial charge in [-0.05, 0) is 36.8 Å². The molecule has 0 radical (unpaired) electrons. The fourth-order valence-corrected chi connectivity index (χ4v) is 4.04. The van der Waals surface area contributed by atoms with Gasteiger partial charge in [0.05, 0.1) is 30.6 Å². The second-order valence-electron chi connectivity index (χ2n) is 6.31. The number of carbonyl (C=O) groups is 1. The van der Waals surface area contributed by atoms with E-state index in [9.17, 15) is 9.90 Å². The predicted molar refractivity (Wildman–Crippen MR) is 107 cm³/mol. The van der Waals surface area contributed by atoms with Crippen LogP contribution >= 0.6 is 11.3 Å². The lowest BCUT2D eigenvalue weighted by Gasteiger charge is -2.07. The molecule has 5 nitrogen and oxygen atoms in total. The highest BCUT2D eigenvalue weighted by molar-refractivity contribution is 7.15. The van der Waals surface area contributed by atoms with Gasteiger partial charge in [0.1, 0.15) is 5.75 Å². The standard InChI is InChI=1S/C21H18N2O3S/c1-13-3-5-14(6-4-13)18-12-27-21-22-20(17(23(18)21)11-19(24)25)15-7-9-16(26-2)10-8-15/h3-10,12H,11H2,1-2H3,(H,24,25). The third-order valence-electron chi connectivity index (χ3n) is 4.49. The normalized spacial score (nSPS) is 11.0. The number of nitrogens with zero attached hydrogens (tertiary/aromatic N) is 2. The highest BCUT2D eigenvalue weighted by atomic mass is 32.1. The molecule has 136 valence electrons. The Kier molecular flexibility index (Phi) is 4.41. The molecule has 0 saturated carbocycles. The van der Waals surface area contributed by atoms with Gasteiger partial charge < -0.3 is 9.84 Å². The zero-order valence-electron chi connectivity index (χ0n) is 15.0. The number of aliphatic carboxylic acids is 1. The van der Waals surface area contributed by atoms with Crippen LogP contribution < -0.4 is 4.74 Å². The van der Waals surface area contributed by atoms with E-state index in [0.717, 1.165) is 27.5 Å². The van der Waals surface area contributed by atoms with E-state index in [1.54, 1.807) is 7.11 Å². The van der Waals surface area contributed by atoms with Crippen LogP contribution in [0, 0.1) is 6.92 Å². The van der Waals surface area contributed by atoms with Gasteiger partial charge in [-0.25, -0.2) is 4.98 Å². The zero-order chi connectivity index (χ0) is 19.0. The molecule has 2 aromatic heterocycles. The minimum Gasteiger partial charge on any atom is -0.497 e. The zero-order valence-corrected chi connectivity index (χ0v) is 15.8. The second-order valence-corrected chi connectivity index (χ2v) is 7.15. The summed E-state index contributed by atoms with van der Waals surface area (Å²) >= 11 is 1.51. The number of carboxylic acid groups (broad SMARTS) is 1. The molecule has 0 amide bonds. The Morgan fingerprint density at radius 1 is 1.11 bits per heavy atom. The predicted octanol–water partition coefficient (Wildman–Crippen LogP) is 4.67. The van der Waals surface area contributed by atoms with Crippen molar-refractivity contribution < 1.29 is 14.6 Å².